The molecule has 0 bridgehead atoms. The minimum atomic E-state index is -2.14. The first-order valence-corrected chi connectivity index (χ1v) is 7.43. The van der Waals surface area contributed by atoms with Crippen LogP contribution in [0, 0.1) is 0 Å². The molecule has 1 aliphatic rings. The highest BCUT2D eigenvalue weighted by Crippen LogP contribution is 2.31. The van der Waals surface area contributed by atoms with Gasteiger partial charge in [0.25, 0.3) is 0 Å². The molecular weight excluding hydrogens is 250 g/mol. The van der Waals surface area contributed by atoms with Crippen molar-refractivity contribution in [1.29, 1.82) is 0 Å². The summed E-state index contributed by atoms with van der Waals surface area (Å²) in [6.07, 6.45) is 6.53. The topological polar surface area (TPSA) is 69.2 Å². The Balaban J connectivity index is 0.000000659. The van der Waals surface area contributed by atoms with Crippen molar-refractivity contribution in [2.24, 2.45) is 0 Å². The van der Waals surface area contributed by atoms with Gasteiger partial charge in [-0.05, 0) is 12.8 Å². The van der Waals surface area contributed by atoms with Crippen molar-refractivity contribution in [3.05, 3.63) is 24.3 Å². The van der Waals surface area contributed by atoms with Gasteiger partial charge in [0.05, 0.1) is 0 Å². The molecule has 0 saturated carbocycles. The van der Waals surface area contributed by atoms with E-state index < -0.39 is 11.3 Å². The van der Waals surface area contributed by atoms with Crippen molar-refractivity contribution in [3.8, 4) is 0 Å². The molecule has 5 nitrogen and oxygen atoms in total. The van der Waals surface area contributed by atoms with Crippen LogP contribution in [0.25, 0.3) is 0 Å². The van der Waals surface area contributed by atoms with Gasteiger partial charge in [-0.25, -0.2) is 14.3 Å². The lowest BCUT2D eigenvalue weighted by Gasteiger charge is -2.25. The van der Waals surface area contributed by atoms with Gasteiger partial charge in [0.1, 0.15) is 6.33 Å². The first-order valence-electron chi connectivity index (χ1n) is 6.40. The maximum atomic E-state index is 10.9. The predicted molar refractivity (Wildman–Crippen MR) is 72.3 cm³/mol. The van der Waals surface area contributed by atoms with Crippen molar-refractivity contribution in [3.63, 3.8) is 0 Å². The molecule has 2 unspecified atom stereocenters. The number of nitrogens with zero attached hydrogens (tertiary/aromatic N) is 3. The Morgan fingerprint density at radius 2 is 1.83 bits per heavy atom. The SMILES string of the molecule is CC.CC.O=S([O-])N1CCCC1c1cncnc1. The van der Waals surface area contributed by atoms with Gasteiger partial charge >= 0.3 is 0 Å². The normalized spacial score (nSPS) is 20.2. The van der Waals surface area contributed by atoms with E-state index in [4.69, 9.17) is 0 Å². The molecule has 0 aromatic carbocycles. The second-order valence-electron chi connectivity index (χ2n) is 3.19. The maximum Gasteiger partial charge on any atom is 0.115 e. The second kappa shape index (κ2) is 10.1. The summed E-state index contributed by atoms with van der Waals surface area (Å²) in [4.78, 5) is 7.77. The van der Waals surface area contributed by atoms with E-state index in [0.29, 0.717) is 6.54 Å². The summed E-state index contributed by atoms with van der Waals surface area (Å²) in [5, 5.41) is 0. The molecule has 1 fully saturated rings. The molecule has 18 heavy (non-hydrogen) atoms. The number of hydrogen-bond donors (Lipinski definition) is 0. The molecular formula is C12H22N3O2S-. The zero-order valence-electron chi connectivity index (χ0n) is 11.5. The van der Waals surface area contributed by atoms with E-state index in [0.717, 1.165) is 18.4 Å². The predicted octanol–water partition coefficient (Wildman–Crippen LogP) is 2.46. The van der Waals surface area contributed by atoms with Crippen molar-refractivity contribution in [2.75, 3.05) is 6.54 Å². The Labute approximate surface area is 112 Å². The standard InChI is InChI=1S/C8H11N3O2S.2C2H6/c12-14(13)11-3-1-2-8(11)7-4-9-6-10-5-7;2*1-2/h4-6,8H,1-3H2,(H,12,13);2*1-2H3/p-1. The van der Waals surface area contributed by atoms with Gasteiger partial charge in [-0.3, -0.25) is 4.21 Å². The lowest BCUT2D eigenvalue weighted by Crippen LogP contribution is -2.25. The van der Waals surface area contributed by atoms with Crippen molar-refractivity contribution in [1.82, 2.24) is 14.3 Å². The summed E-state index contributed by atoms with van der Waals surface area (Å²) in [6.45, 7) is 8.59. The number of aromatic nitrogens is 2. The summed E-state index contributed by atoms with van der Waals surface area (Å²) in [6, 6.07) is -0.0745. The zero-order chi connectivity index (χ0) is 14.0. The van der Waals surface area contributed by atoms with Crippen LogP contribution in [0.3, 0.4) is 0 Å². The van der Waals surface area contributed by atoms with Crippen LogP contribution in [0.1, 0.15) is 52.1 Å². The van der Waals surface area contributed by atoms with Crippen LogP contribution in [0.5, 0.6) is 0 Å². The summed E-state index contributed by atoms with van der Waals surface area (Å²) < 4.78 is 23.2. The first-order chi connectivity index (χ1) is 8.79. The Kier molecular flexibility index (Phi) is 9.63. The highest BCUT2D eigenvalue weighted by atomic mass is 32.2. The molecule has 2 rings (SSSR count). The van der Waals surface area contributed by atoms with Crippen LogP contribution >= 0.6 is 0 Å². The van der Waals surface area contributed by atoms with E-state index in [1.807, 2.05) is 27.7 Å². The molecule has 0 N–H and O–H groups in total. The van der Waals surface area contributed by atoms with Crippen LogP contribution in [0.2, 0.25) is 0 Å². The van der Waals surface area contributed by atoms with Crippen LogP contribution in [-0.2, 0) is 11.3 Å². The van der Waals surface area contributed by atoms with Crippen molar-refractivity contribution in [2.45, 2.75) is 46.6 Å². The van der Waals surface area contributed by atoms with Gasteiger partial charge in [0.15, 0.2) is 0 Å². The smallest absolute Gasteiger partial charge is 0.115 e. The van der Waals surface area contributed by atoms with Gasteiger partial charge in [-0.1, -0.05) is 27.7 Å². The summed E-state index contributed by atoms with van der Waals surface area (Å²) in [5.41, 5.74) is 0.870. The highest BCUT2D eigenvalue weighted by Gasteiger charge is 2.26. The van der Waals surface area contributed by atoms with Crippen LogP contribution in [0.4, 0.5) is 0 Å². The van der Waals surface area contributed by atoms with Gasteiger partial charge in [-0.15, -0.1) is 0 Å². The Morgan fingerprint density at radius 3 is 2.33 bits per heavy atom. The fourth-order valence-corrected chi connectivity index (χ4v) is 2.45. The van der Waals surface area contributed by atoms with Crippen molar-refractivity contribution >= 4 is 11.3 Å². The second-order valence-corrected chi connectivity index (χ2v) is 4.09. The third-order valence-corrected chi connectivity index (χ3v) is 3.18. The fraction of sp³-hybridized carbons (Fsp3) is 0.667. The molecule has 0 aliphatic carbocycles. The van der Waals surface area contributed by atoms with E-state index in [-0.39, 0.29) is 6.04 Å². The van der Waals surface area contributed by atoms with Gasteiger partial charge in [-0.2, -0.15) is 0 Å². The Morgan fingerprint density at radius 1 is 1.28 bits per heavy atom. The van der Waals surface area contributed by atoms with E-state index in [9.17, 15) is 8.76 Å². The molecule has 0 radical (unpaired) electrons. The molecule has 0 amide bonds. The van der Waals surface area contributed by atoms with E-state index in [2.05, 4.69) is 9.97 Å². The first kappa shape index (κ1) is 17.2. The fourth-order valence-electron chi connectivity index (χ4n) is 1.73. The average molecular weight is 272 g/mol. The van der Waals surface area contributed by atoms with Gasteiger partial charge in [0.2, 0.25) is 0 Å². The van der Waals surface area contributed by atoms with E-state index in [1.165, 1.54) is 10.6 Å². The molecule has 1 aliphatic heterocycles. The monoisotopic (exact) mass is 272 g/mol. The molecule has 1 aromatic rings. The molecule has 2 atom stereocenters. The van der Waals surface area contributed by atoms with E-state index >= 15 is 0 Å². The molecule has 2 heterocycles. The quantitative estimate of drug-likeness (QED) is 0.775. The molecule has 1 aromatic heterocycles. The summed E-state index contributed by atoms with van der Waals surface area (Å²) in [7, 11) is 0. The number of rotatable bonds is 2. The molecule has 6 heteroatoms. The number of hydrogen-bond acceptors (Lipinski definition) is 4. The summed E-state index contributed by atoms with van der Waals surface area (Å²) in [5.74, 6) is 0. The average Bonchev–Trinajstić information content (AvgIpc) is 2.94. The van der Waals surface area contributed by atoms with Crippen LogP contribution in [0.15, 0.2) is 18.7 Å². The molecule has 1 saturated heterocycles. The zero-order valence-corrected chi connectivity index (χ0v) is 12.3. The highest BCUT2D eigenvalue weighted by molar-refractivity contribution is 7.76. The molecule has 0 spiro atoms. The Bertz CT molecular complexity index is 335. The minimum absolute atomic E-state index is 0.0745. The third-order valence-electron chi connectivity index (χ3n) is 2.36. The lowest BCUT2D eigenvalue weighted by molar-refractivity contribution is 0.374. The minimum Gasteiger partial charge on any atom is -0.760 e. The van der Waals surface area contributed by atoms with Crippen LogP contribution < -0.4 is 0 Å². The largest absolute Gasteiger partial charge is 0.760 e. The maximum absolute atomic E-state index is 10.9. The third kappa shape index (κ3) is 4.80. The summed E-state index contributed by atoms with van der Waals surface area (Å²) >= 11 is -2.14. The Hall–Kier alpha value is -0.850. The molecule has 104 valence electrons. The van der Waals surface area contributed by atoms with Crippen LogP contribution in [-0.4, -0.2) is 29.6 Å². The van der Waals surface area contributed by atoms with Gasteiger partial charge in [0, 0.05) is 41.8 Å². The van der Waals surface area contributed by atoms with Crippen molar-refractivity contribution < 1.29 is 8.76 Å². The lowest BCUT2D eigenvalue weighted by atomic mass is 10.1. The van der Waals surface area contributed by atoms with Gasteiger partial charge < -0.3 is 4.55 Å². The van der Waals surface area contributed by atoms with E-state index in [1.54, 1.807) is 12.4 Å².